The second-order valence-electron chi connectivity index (χ2n) is 3.61. The number of nitrogens with one attached hydrogen (secondary N) is 1. The molecule has 0 aliphatic carbocycles. The second kappa shape index (κ2) is 5.81. The minimum absolute atomic E-state index is 0.0947. The maximum Gasteiger partial charge on any atom is 0.309 e. The molecule has 0 radical (unpaired) electrons. The van der Waals surface area contributed by atoms with Crippen LogP contribution in [0.4, 0.5) is 0 Å². The molecular weight excluding hydrogens is 246 g/mol. The highest BCUT2D eigenvalue weighted by atomic mass is 16.5. The number of para-hydroxylation sites is 1. The zero-order chi connectivity index (χ0) is 13.7. The molecule has 1 heterocycles. The van der Waals surface area contributed by atoms with Crippen LogP contribution in [-0.4, -0.2) is 29.8 Å². The van der Waals surface area contributed by atoms with Crippen LogP contribution in [0.3, 0.4) is 0 Å². The minimum Gasteiger partial charge on any atom is -0.496 e. The lowest BCUT2D eigenvalue weighted by Crippen LogP contribution is -2.23. The van der Waals surface area contributed by atoms with Gasteiger partial charge >= 0.3 is 11.8 Å². The van der Waals surface area contributed by atoms with Crippen molar-refractivity contribution in [3.8, 4) is 17.2 Å². The van der Waals surface area contributed by atoms with Crippen LogP contribution < -0.4 is 10.1 Å². The summed E-state index contributed by atoms with van der Waals surface area (Å²) >= 11 is 0. The predicted molar refractivity (Wildman–Crippen MR) is 68.8 cm³/mol. The molecule has 0 saturated carbocycles. The van der Waals surface area contributed by atoms with Gasteiger partial charge in [-0.1, -0.05) is 18.2 Å². The molecule has 0 spiro atoms. The molecule has 1 N–H and O–H groups in total. The molecule has 19 heavy (non-hydrogen) atoms. The van der Waals surface area contributed by atoms with Gasteiger partial charge in [0.05, 0.1) is 12.7 Å². The highest BCUT2D eigenvalue weighted by Gasteiger charge is 2.17. The number of carbonyl (C=O) groups excluding carboxylic acids is 1. The topological polar surface area (TPSA) is 77.2 Å². The number of amides is 1. The molecule has 6 nitrogen and oxygen atoms in total. The van der Waals surface area contributed by atoms with Gasteiger partial charge in [-0.2, -0.15) is 0 Å². The first-order chi connectivity index (χ1) is 9.26. The van der Waals surface area contributed by atoms with Crippen molar-refractivity contribution in [3.63, 3.8) is 0 Å². The summed E-state index contributed by atoms with van der Waals surface area (Å²) in [6.45, 7) is 3.84. The Bertz CT molecular complexity index is 592. The SMILES string of the molecule is C=CCNC(=O)c1nnc(-c2ccccc2OC)o1. The minimum atomic E-state index is -0.437. The monoisotopic (exact) mass is 259 g/mol. The van der Waals surface area contributed by atoms with E-state index in [-0.39, 0.29) is 11.8 Å². The van der Waals surface area contributed by atoms with E-state index in [1.54, 1.807) is 25.3 Å². The fourth-order valence-electron chi connectivity index (χ4n) is 1.49. The van der Waals surface area contributed by atoms with E-state index in [4.69, 9.17) is 9.15 Å². The molecule has 0 aliphatic rings. The van der Waals surface area contributed by atoms with Gasteiger partial charge in [-0.15, -0.1) is 16.8 Å². The Balaban J connectivity index is 2.25. The van der Waals surface area contributed by atoms with Crippen LogP contribution in [0, 0.1) is 0 Å². The van der Waals surface area contributed by atoms with Crippen molar-refractivity contribution < 1.29 is 13.9 Å². The van der Waals surface area contributed by atoms with Crippen molar-refractivity contribution in [2.24, 2.45) is 0 Å². The highest BCUT2D eigenvalue weighted by Crippen LogP contribution is 2.28. The van der Waals surface area contributed by atoms with E-state index in [1.165, 1.54) is 0 Å². The number of nitrogens with zero attached hydrogens (tertiary/aromatic N) is 2. The summed E-state index contributed by atoms with van der Waals surface area (Å²) in [6, 6.07) is 7.20. The summed E-state index contributed by atoms with van der Waals surface area (Å²) < 4.78 is 10.5. The van der Waals surface area contributed by atoms with Gasteiger partial charge in [0, 0.05) is 6.54 Å². The van der Waals surface area contributed by atoms with Crippen molar-refractivity contribution in [1.29, 1.82) is 0 Å². The summed E-state index contributed by atoms with van der Waals surface area (Å²) in [5, 5.41) is 10.1. The fraction of sp³-hybridized carbons (Fsp3) is 0.154. The lowest BCUT2D eigenvalue weighted by atomic mass is 10.2. The highest BCUT2D eigenvalue weighted by molar-refractivity contribution is 5.89. The lowest BCUT2D eigenvalue weighted by Gasteiger charge is -2.03. The number of rotatable bonds is 5. The Labute approximate surface area is 110 Å². The maximum absolute atomic E-state index is 11.6. The molecular formula is C13H13N3O3. The summed E-state index contributed by atoms with van der Waals surface area (Å²) in [5.74, 6) is 0.307. The van der Waals surface area contributed by atoms with Gasteiger partial charge in [0.1, 0.15) is 5.75 Å². The van der Waals surface area contributed by atoms with Crippen molar-refractivity contribution >= 4 is 5.91 Å². The lowest BCUT2D eigenvalue weighted by molar-refractivity contribution is 0.0924. The van der Waals surface area contributed by atoms with Gasteiger partial charge in [0.15, 0.2) is 0 Å². The average molecular weight is 259 g/mol. The molecule has 98 valence electrons. The molecule has 0 unspecified atom stereocenters. The Morgan fingerprint density at radius 1 is 1.47 bits per heavy atom. The van der Waals surface area contributed by atoms with Crippen LogP contribution in [-0.2, 0) is 0 Å². The molecule has 1 aromatic heterocycles. The van der Waals surface area contributed by atoms with Crippen LogP contribution >= 0.6 is 0 Å². The van der Waals surface area contributed by atoms with Crippen LogP contribution in [0.25, 0.3) is 11.5 Å². The van der Waals surface area contributed by atoms with E-state index >= 15 is 0 Å². The Hall–Kier alpha value is -2.63. The first kappa shape index (κ1) is 12.8. The van der Waals surface area contributed by atoms with Crippen molar-refractivity contribution in [2.75, 3.05) is 13.7 Å². The fourth-order valence-corrected chi connectivity index (χ4v) is 1.49. The van der Waals surface area contributed by atoms with E-state index in [2.05, 4.69) is 22.1 Å². The molecule has 6 heteroatoms. The molecule has 0 bridgehead atoms. The van der Waals surface area contributed by atoms with E-state index in [0.717, 1.165) is 0 Å². The Kier molecular flexibility index (Phi) is 3.92. The molecule has 1 amide bonds. The summed E-state index contributed by atoms with van der Waals surface area (Å²) in [4.78, 5) is 11.6. The van der Waals surface area contributed by atoms with Crippen LogP contribution in [0.15, 0.2) is 41.3 Å². The third-order valence-corrected chi connectivity index (χ3v) is 2.36. The zero-order valence-corrected chi connectivity index (χ0v) is 10.4. The molecule has 0 aliphatic heterocycles. The van der Waals surface area contributed by atoms with Gasteiger partial charge in [-0.3, -0.25) is 4.79 Å². The number of benzene rings is 1. The number of hydrogen-bond acceptors (Lipinski definition) is 5. The summed E-state index contributed by atoms with van der Waals surface area (Å²) in [5.41, 5.74) is 0.639. The van der Waals surface area contributed by atoms with Gasteiger partial charge < -0.3 is 14.5 Å². The molecule has 0 saturated heterocycles. The van der Waals surface area contributed by atoms with Crippen LogP contribution in [0.2, 0.25) is 0 Å². The number of hydrogen-bond donors (Lipinski definition) is 1. The normalized spacial score (nSPS) is 9.95. The third kappa shape index (κ3) is 2.79. The van der Waals surface area contributed by atoms with Crippen molar-refractivity contribution in [2.45, 2.75) is 0 Å². The second-order valence-corrected chi connectivity index (χ2v) is 3.61. The molecule has 2 aromatic rings. The number of ether oxygens (including phenoxy) is 1. The van der Waals surface area contributed by atoms with E-state index in [0.29, 0.717) is 17.9 Å². The van der Waals surface area contributed by atoms with Gasteiger partial charge in [0.25, 0.3) is 5.89 Å². The van der Waals surface area contributed by atoms with E-state index in [9.17, 15) is 4.79 Å². The molecule has 0 atom stereocenters. The zero-order valence-electron chi connectivity index (χ0n) is 10.4. The predicted octanol–water partition coefficient (Wildman–Crippen LogP) is 1.66. The number of aromatic nitrogens is 2. The molecule has 2 rings (SSSR count). The molecule has 1 aromatic carbocycles. The van der Waals surface area contributed by atoms with E-state index in [1.807, 2.05) is 12.1 Å². The number of methoxy groups -OCH3 is 1. The summed E-state index contributed by atoms with van der Waals surface area (Å²) in [7, 11) is 1.55. The quantitative estimate of drug-likeness (QED) is 0.826. The first-order valence-electron chi connectivity index (χ1n) is 5.62. The maximum atomic E-state index is 11.6. The Morgan fingerprint density at radius 2 is 2.26 bits per heavy atom. The molecule has 0 fully saturated rings. The van der Waals surface area contributed by atoms with Crippen LogP contribution in [0.1, 0.15) is 10.7 Å². The van der Waals surface area contributed by atoms with Crippen molar-refractivity contribution in [3.05, 3.63) is 42.8 Å². The number of carbonyl (C=O) groups is 1. The van der Waals surface area contributed by atoms with Crippen LogP contribution in [0.5, 0.6) is 5.75 Å². The Morgan fingerprint density at radius 3 is 3.00 bits per heavy atom. The van der Waals surface area contributed by atoms with E-state index < -0.39 is 5.91 Å². The van der Waals surface area contributed by atoms with Gasteiger partial charge in [0.2, 0.25) is 0 Å². The third-order valence-electron chi connectivity index (χ3n) is 2.36. The largest absolute Gasteiger partial charge is 0.496 e. The average Bonchev–Trinajstić information content (AvgIpc) is 2.94. The van der Waals surface area contributed by atoms with Gasteiger partial charge in [-0.25, -0.2) is 0 Å². The standard InChI is InChI=1S/C13H13N3O3/c1-3-8-14-11(17)13-16-15-12(19-13)9-6-4-5-7-10(9)18-2/h3-7H,1,8H2,2H3,(H,14,17). The first-order valence-corrected chi connectivity index (χ1v) is 5.62. The smallest absolute Gasteiger partial charge is 0.309 e. The van der Waals surface area contributed by atoms with Crippen molar-refractivity contribution in [1.82, 2.24) is 15.5 Å². The van der Waals surface area contributed by atoms with Gasteiger partial charge in [-0.05, 0) is 12.1 Å². The summed E-state index contributed by atoms with van der Waals surface area (Å²) in [6.07, 6.45) is 1.56.